The van der Waals surface area contributed by atoms with E-state index in [0.29, 0.717) is 18.7 Å². The van der Waals surface area contributed by atoms with Gasteiger partial charge in [0.1, 0.15) is 6.29 Å². The highest BCUT2D eigenvalue weighted by Crippen LogP contribution is 1.86. The molecule has 0 atom stereocenters. The molecule has 1 aromatic heterocycles. The van der Waals surface area contributed by atoms with E-state index in [1.807, 2.05) is 0 Å². The first kappa shape index (κ1) is 8.64. The van der Waals surface area contributed by atoms with Crippen molar-refractivity contribution in [3.63, 3.8) is 0 Å². The Balaban J connectivity index is 2.86. The quantitative estimate of drug-likeness (QED) is 0.600. The molecule has 0 aliphatic carbocycles. The van der Waals surface area contributed by atoms with Crippen molar-refractivity contribution in [1.82, 2.24) is 9.55 Å². The van der Waals surface area contributed by atoms with Gasteiger partial charge in [-0.05, 0) is 6.92 Å². The van der Waals surface area contributed by atoms with Crippen molar-refractivity contribution in [3.05, 3.63) is 28.4 Å². The summed E-state index contributed by atoms with van der Waals surface area (Å²) < 4.78 is 1.42. The minimum absolute atomic E-state index is 0.107. The van der Waals surface area contributed by atoms with Gasteiger partial charge in [-0.3, -0.25) is 9.36 Å². The topological polar surface area (TPSA) is 52.0 Å². The van der Waals surface area contributed by atoms with E-state index < -0.39 is 0 Å². The van der Waals surface area contributed by atoms with Crippen LogP contribution in [0.3, 0.4) is 0 Å². The van der Waals surface area contributed by atoms with Crippen molar-refractivity contribution in [2.24, 2.45) is 0 Å². The Hall–Kier alpha value is -1.45. The second-order valence-corrected chi connectivity index (χ2v) is 2.52. The fraction of sp³-hybridized carbons (Fsp3) is 0.375. The fourth-order valence-corrected chi connectivity index (χ4v) is 0.876. The van der Waals surface area contributed by atoms with Crippen LogP contribution in [-0.4, -0.2) is 15.8 Å². The third-order valence-corrected chi connectivity index (χ3v) is 1.50. The standard InChI is InChI=1S/C8H10N2O2/c1-7-5-8(12)10(6-9-7)3-2-4-11/h4-6H,2-3H2,1H3. The zero-order valence-corrected chi connectivity index (χ0v) is 6.86. The maximum atomic E-state index is 11.2. The predicted molar refractivity (Wildman–Crippen MR) is 43.9 cm³/mol. The summed E-state index contributed by atoms with van der Waals surface area (Å²) >= 11 is 0. The van der Waals surface area contributed by atoms with Crippen LogP contribution in [0.25, 0.3) is 0 Å². The Bertz CT molecular complexity index is 330. The lowest BCUT2D eigenvalue weighted by atomic mass is 10.4. The third-order valence-electron chi connectivity index (χ3n) is 1.50. The van der Waals surface area contributed by atoms with Crippen LogP contribution in [0, 0.1) is 6.92 Å². The maximum Gasteiger partial charge on any atom is 0.253 e. The van der Waals surface area contributed by atoms with Crippen LogP contribution in [-0.2, 0) is 11.3 Å². The van der Waals surface area contributed by atoms with Crippen molar-refractivity contribution in [2.75, 3.05) is 0 Å². The molecule has 4 nitrogen and oxygen atoms in total. The average molecular weight is 166 g/mol. The molecule has 0 radical (unpaired) electrons. The van der Waals surface area contributed by atoms with Crippen LogP contribution in [0.2, 0.25) is 0 Å². The molecular formula is C8H10N2O2. The van der Waals surface area contributed by atoms with E-state index in [2.05, 4.69) is 4.98 Å². The minimum atomic E-state index is -0.107. The molecule has 4 heteroatoms. The second kappa shape index (κ2) is 3.80. The SMILES string of the molecule is Cc1cc(=O)n(CCC=O)cn1. The smallest absolute Gasteiger partial charge is 0.253 e. The molecule has 0 spiro atoms. The summed E-state index contributed by atoms with van der Waals surface area (Å²) in [4.78, 5) is 25.1. The van der Waals surface area contributed by atoms with E-state index in [0.717, 1.165) is 6.29 Å². The van der Waals surface area contributed by atoms with E-state index >= 15 is 0 Å². The Morgan fingerprint density at radius 3 is 3.00 bits per heavy atom. The van der Waals surface area contributed by atoms with Crippen molar-refractivity contribution in [1.29, 1.82) is 0 Å². The van der Waals surface area contributed by atoms with Gasteiger partial charge in [-0.2, -0.15) is 0 Å². The zero-order valence-electron chi connectivity index (χ0n) is 6.86. The minimum Gasteiger partial charge on any atom is -0.303 e. The van der Waals surface area contributed by atoms with E-state index in [4.69, 9.17) is 0 Å². The molecule has 0 fully saturated rings. The molecule has 0 aliphatic heterocycles. The summed E-state index contributed by atoms with van der Waals surface area (Å²) in [6, 6.07) is 1.45. The summed E-state index contributed by atoms with van der Waals surface area (Å²) in [5, 5.41) is 0. The van der Waals surface area contributed by atoms with Gasteiger partial charge in [0.15, 0.2) is 0 Å². The number of carbonyl (C=O) groups is 1. The number of rotatable bonds is 3. The first-order valence-corrected chi connectivity index (χ1v) is 3.71. The van der Waals surface area contributed by atoms with Crippen LogP contribution in [0.4, 0.5) is 0 Å². The van der Waals surface area contributed by atoms with E-state index in [1.165, 1.54) is 17.0 Å². The lowest BCUT2D eigenvalue weighted by Gasteiger charge is -2.00. The van der Waals surface area contributed by atoms with Gasteiger partial charge in [0.25, 0.3) is 5.56 Å². The molecule has 1 rings (SSSR count). The second-order valence-electron chi connectivity index (χ2n) is 2.52. The van der Waals surface area contributed by atoms with Crippen LogP contribution in [0.15, 0.2) is 17.2 Å². The number of aryl methyl sites for hydroxylation is 2. The van der Waals surface area contributed by atoms with Crippen molar-refractivity contribution >= 4 is 6.29 Å². The summed E-state index contributed by atoms with van der Waals surface area (Å²) in [5.74, 6) is 0. The van der Waals surface area contributed by atoms with Gasteiger partial charge < -0.3 is 4.79 Å². The first-order valence-electron chi connectivity index (χ1n) is 3.71. The predicted octanol–water partition coefficient (Wildman–Crippen LogP) is 0.141. The van der Waals surface area contributed by atoms with Crippen molar-refractivity contribution in [3.8, 4) is 0 Å². The van der Waals surface area contributed by atoms with Gasteiger partial charge in [0.2, 0.25) is 0 Å². The lowest BCUT2D eigenvalue weighted by Crippen LogP contribution is -2.20. The van der Waals surface area contributed by atoms with Crippen LogP contribution < -0.4 is 5.56 Å². The van der Waals surface area contributed by atoms with Gasteiger partial charge in [0, 0.05) is 24.7 Å². The van der Waals surface area contributed by atoms with Crippen LogP contribution in [0.1, 0.15) is 12.1 Å². The van der Waals surface area contributed by atoms with Gasteiger partial charge in [-0.1, -0.05) is 0 Å². The Kier molecular flexibility index (Phi) is 2.74. The molecule has 0 aromatic carbocycles. The third kappa shape index (κ3) is 2.02. The molecule has 0 amide bonds. The molecule has 64 valence electrons. The highest BCUT2D eigenvalue weighted by Gasteiger charge is 1.94. The van der Waals surface area contributed by atoms with Gasteiger partial charge in [-0.15, -0.1) is 0 Å². The van der Waals surface area contributed by atoms with E-state index in [9.17, 15) is 9.59 Å². The number of carbonyl (C=O) groups excluding carboxylic acids is 1. The summed E-state index contributed by atoms with van der Waals surface area (Å²) in [5.41, 5.74) is 0.590. The number of hydrogen-bond donors (Lipinski definition) is 0. The molecule has 1 aromatic rings. The first-order chi connectivity index (χ1) is 5.74. The molecule has 12 heavy (non-hydrogen) atoms. The Labute approximate surface area is 69.9 Å². The summed E-state index contributed by atoms with van der Waals surface area (Å²) in [7, 11) is 0. The number of hydrogen-bond acceptors (Lipinski definition) is 3. The molecule has 1 heterocycles. The normalized spacial score (nSPS) is 9.75. The average Bonchev–Trinajstić information content (AvgIpc) is 2.03. The van der Waals surface area contributed by atoms with E-state index in [-0.39, 0.29) is 5.56 Å². The van der Waals surface area contributed by atoms with Gasteiger partial charge >= 0.3 is 0 Å². The van der Waals surface area contributed by atoms with Crippen molar-refractivity contribution < 1.29 is 4.79 Å². The maximum absolute atomic E-state index is 11.2. The molecule has 0 bridgehead atoms. The zero-order chi connectivity index (χ0) is 8.97. The summed E-state index contributed by atoms with van der Waals surface area (Å²) in [6.07, 6.45) is 2.60. The van der Waals surface area contributed by atoms with E-state index in [1.54, 1.807) is 6.92 Å². The Morgan fingerprint density at radius 2 is 2.42 bits per heavy atom. The molecule has 0 saturated carbocycles. The van der Waals surface area contributed by atoms with Crippen LogP contribution in [0.5, 0.6) is 0 Å². The number of aromatic nitrogens is 2. The molecule has 0 aliphatic rings. The summed E-state index contributed by atoms with van der Waals surface area (Å²) in [6.45, 7) is 2.17. The largest absolute Gasteiger partial charge is 0.303 e. The number of aldehydes is 1. The molecule has 0 N–H and O–H groups in total. The Morgan fingerprint density at radius 1 is 1.67 bits per heavy atom. The molecule has 0 saturated heterocycles. The monoisotopic (exact) mass is 166 g/mol. The van der Waals surface area contributed by atoms with Gasteiger partial charge in [-0.25, -0.2) is 4.98 Å². The fourth-order valence-electron chi connectivity index (χ4n) is 0.876. The van der Waals surface area contributed by atoms with Crippen LogP contribution >= 0.6 is 0 Å². The van der Waals surface area contributed by atoms with Crippen molar-refractivity contribution in [2.45, 2.75) is 19.9 Å². The number of nitrogens with zero attached hydrogens (tertiary/aromatic N) is 2. The lowest BCUT2D eigenvalue weighted by molar-refractivity contribution is -0.108. The molecule has 0 unspecified atom stereocenters. The highest BCUT2D eigenvalue weighted by atomic mass is 16.1. The molecular weight excluding hydrogens is 156 g/mol. The highest BCUT2D eigenvalue weighted by molar-refractivity contribution is 5.48. The van der Waals surface area contributed by atoms with Gasteiger partial charge in [0.05, 0.1) is 6.33 Å².